The summed E-state index contributed by atoms with van der Waals surface area (Å²) < 4.78 is 12.3. The fourth-order valence-corrected chi connectivity index (χ4v) is 3.66. The van der Waals surface area contributed by atoms with Gasteiger partial charge in [0.1, 0.15) is 0 Å². The topological polar surface area (TPSA) is 106 Å². The Morgan fingerprint density at radius 1 is 1.09 bits per heavy atom. The molecule has 34 heavy (non-hydrogen) atoms. The minimum absolute atomic E-state index is 0.0791. The molecule has 0 spiro atoms. The number of carboxylic acids is 1. The summed E-state index contributed by atoms with van der Waals surface area (Å²) in [5.74, 6) is -0.0664. The molecule has 3 aromatic rings. The Labute approximate surface area is 196 Å². The number of hydrogen-bond donors (Lipinski definition) is 1. The van der Waals surface area contributed by atoms with Gasteiger partial charge in [-0.1, -0.05) is 18.2 Å². The van der Waals surface area contributed by atoms with E-state index in [1.54, 1.807) is 50.2 Å². The van der Waals surface area contributed by atoms with E-state index in [1.807, 2.05) is 36.4 Å². The van der Waals surface area contributed by atoms with Gasteiger partial charge in [0.05, 0.1) is 49.9 Å². The summed E-state index contributed by atoms with van der Waals surface area (Å²) in [4.78, 5) is 24.3. The third kappa shape index (κ3) is 4.54. The van der Waals surface area contributed by atoms with Gasteiger partial charge in [-0.2, -0.15) is 15.2 Å². The zero-order valence-electron chi connectivity index (χ0n) is 19.1. The summed E-state index contributed by atoms with van der Waals surface area (Å²) in [5, 5.41) is 19.5. The second kappa shape index (κ2) is 9.62. The number of rotatable bonds is 8. The average molecular weight is 460 g/mol. The van der Waals surface area contributed by atoms with Gasteiger partial charge >= 0.3 is 5.97 Å². The first-order chi connectivity index (χ1) is 16.4. The molecule has 0 fully saturated rings. The summed E-state index contributed by atoms with van der Waals surface area (Å²) in [6.07, 6.45) is 3.39. The van der Waals surface area contributed by atoms with E-state index in [1.165, 1.54) is 5.01 Å². The number of aryl methyl sites for hydroxylation is 1. The SMILES string of the molecule is COc1ccc(-c2nn(CCC(=O)O)cc2/C=C2/C(=O)N(c3ccccc3)N=C2C)cc1OC. The van der Waals surface area contributed by atoms with Gasteiger partial charge in [-0.15, -0.1) is 0 Å². The van der Waals surface area contributed by atoms with Crippen molar-refractivity contribution >= 4 is 29.4 Å². The lowest BCUT2D eigenvalue weighted by Gasteiger charge is -2.11. The van der Waals surface area contributed by atoms with Gasteiger partial charge in [0.2, 0.25) is 0 Å². The van der Waals surface area contributed by atoms with Crippen molar-refractivity contribution in [1.29, 1.82) is 0 Å². The minimum Gasteiger partial charge on any atom is -0.493 e. The molecule has 2 heterocycles. The molecule has 1 aromatic heterocycles. The maximum Gasteiger partial charge on any atom is 0.305 e. The highest BCUT2D eigenvalue weighted by Gasteiger charge is 2.29. The molecule has 0 atom stereocenters. The molecule has 0 saturated carbocycles. The molecular weight excluding hydrogens is 436 g/mol. The van der Waals surface area contributed by atoms with E-state index in [4.69, 9.17) is 14.6 Å². The van der Waals surface area contributed by atoms with Gasteiger partial charge in [-0.05, 0) is 43.3 Å². The van der Waals surface area contributed by atoms with Crippen LogP contribution >= 0.6 is 0 Å². The van der Waals surface area contributed by atoms with Crippen molar-refractivity contribution in [2.24, 2.45) is 5.10 Å². The second-order valence-electron chi connectivity index (χ2n) is 7.61. The molecule has 0 unspecified atom stereocenters. The molecule has 174 valence electrons. The summed E-state index contributed by atoms with van der Waals surface area (Å²) in [5.41, 5.74) is 3.66. The molecule has 2 aromatic carbocycles. The van der Waals surface area contributed by atoms with Crippen molar-refractivity contribution in [2.75, 3.05) is 19.2 Å². The minimum atomic E-state index is -0.921. The summed E-state index contributed by atoms with van der Waals surface area (Å²) in [6, 6.07) is 14.6. The quantitative estimate of drug-likeness (QED) is 0.512. The molecule has 0 bridgehead atoms. The second-order valence-corrected chi connectivity index (χ2v) is 7.61. The van der Waals surface area contributed by atoms with E-state index in [9.17, 15) is 9.59 Å². The molecule has 1 aliphatic rings. The van der Waals surface area contributed by atoms with E-state index >= 15 is 0 Å². The number of carbonyl (C=O) groups is 2. The predicted molar refractivity (Wildman–Crippen MR) is 128 cm³/mol. The van der Waals surface area contributed by atoms with E-state index in [-0.39, 0.29) is 18.9 Å². The van der Waals surface area contributed by atoms with Crippen LogP contribution in [0.1, 0.15) is 18.9 Å². The van der Waals surface area contributed by atoms with Crippen molar-refractivity contribution in [3.63, 3.8) is 0 Å². The Balaban J connectivity index is 1.76. The number of hydrogen-bond acceptors (Lipinski definition) is 6. The van der Waals surface area contributed by atoms with Gasteiger partial charge in [0.25, 0.3) is 5.91 Å². The number of hydrazone groups is 1. The zero-order valence-corrected chi connectivity index (χ0v) is 19.1. The van der Waals surface area contributed by atoms with Gasteiger partial charge in [0, 0.05) is 17.3 Å². The smallest absolute Gasteiger partial charge is 0.305 e. The number of benzene rings is 2. The molecule has 9 heteroatoms. The normalized spacial score (nSPS) is 14.4. The number of amides is 1. The number of aliphatic carboxylic acids is 1. The summed E-state index contributed by atoms with van der Waals surface area (Å²) >= 11 is 0. The fourth-order valence-electron chi connectivity index (χ4n) is 3.66. The van der Waals surface area contributed by atoms with Crippen LogP contribution in [0.5, 0.6) is 11.5 Å². The summed E-state index contributed by atoms with van der Waals surface area (Å²) in [7, 11) is 3.10. The number of para-hydroxylation sites is 1. The molecule has 1 N–H and O–H groups in total. The van der Waals surface area contributed by atoms with Crippen LogP contribution in [0.3, 0.4) is 0 Å². The lowest BCUT2D eigenvalue weighted by atomic mass is 10.0. The lowest BCUT2D eigenvalue weighted by Crippen LogP contribution is -2.21. The van der Waals surface area contributed by atoms with Crippen molar-refractivity contribution < 1.29 is 24.2 Å². The van der Waals surface area contributed by atoms with Crippen LogP contribution in [0.2, 0.25) is 0 Å². The monoisotopic (exact) mass is 460 g/mol. The lowest BCUT2D eigenvalue weighted by molar-refractivity contribution is -0.137. The Morgan fingerprint density at radius 2 is 1.82 bits per heavy atom. The van der Waals surface area contributed by atoms with Crippen LogP contribution in [-0.2, 0) is 16.1 Å². The standard InChI is InChI=1S/C25H24N4O5/c1-16-20(25(32)29(26-16)19-7-5-4-6-8-19)13-18-15-28(12-11-23(30)31)27-24(18)17-9-10-21(33-2)22(14-17)34-3/h4-10,13-15H,11-12H2,1-3H3,(H,30,31)/b20-13+. The van der Waals surface area contributed by atoms with Crippen molar-refractivity contribution in [1.82, 2.24) is 9.78 Å². The predicted octanol–water partition coefficient (Wildman–Crippen LogP) is 3.85. The van der Waals surface area contributed by atoms with E-state index < -0.39 is 5.97 Å². The Bertz CT molecular complexity index is 1290. The molecule has 1 aliphatic heterocycles. The molecule has 1 amide bonds. The number of ether oxygens (including phenoxy) is 2. The first-order valence-corrected chi connectivity index (χ1v) is 10.6. The largest absolute Gasteiger partial charge is 0.493 e. The highest BCUT2D eigenvalue weighted by atomic mass is 16.5. The number of carboxylic acid groups (broad SMARTS) is 1. The maximum atomic E-state index is 13.2. The van der Waals surface area contributed by atoms with Crippen LogP contribution in [0.25, 0.3) is 17.3 Å². The number of anilines is 1. The van der Waals surface area contributed by atoms with E-state index in [2.05, 4.69) is 10.2 Å². The molecular formula is C25H24N4O5. The Kier molecular flexibility index (Phi) is 6.44. The third-order valence-corrected chi connectivity index (χ3v) is 5.36. The summed E-state index contributed by atoms with van der Waals surface area (Å²) in [6.45, 7) is 1.97. The molecule has 4 rings (SSSR count). The molecule has 0 saturated heterocycles. The van der Waals surface area contributed by atoms with E-state index in [0.717, 1.165) is 5.56 Å². The van der Waals surface area contributed by atoms with Crippen LogP contribution < -0.4 is 14.5 Å². The number of methoxy groups -OCH3 is 2. The van der Waals surface area contributed by atoms with Crippen LogP contribution in [0.15, 0.2) is 65.4 Å². The number of aromatic nitrogens is 2. The van der Waals surface area contributed by atoms with Crippen molar-refractivity contribution in [3.05, 3.63) is 65.9 Å². The first kappa shape index (κ1) is 22.8. The number of carbonyl (C=O) groups excluding carboxylic acids is 1. The van der Waals surface area contributed by atoms with Crippen LogP contribution in [0.4, 0.5) is 5.69 Å². The maximum absolute atomic E-state index is 13.2. The molecule has 0 aliphatic carbocycles. The first-order valence-electron chi connectivity index (χ1n) is 10.6. The van der Waals surface area contributed by atoms with Gasteiger partial charge < -0.3 is 14.6 Å². The Morgan fingerprint density at radius 3 is 2.50 bits per heavy atom. The fraction of sp³-hybridized carbons (Fsp3) is 0.200. The van der Waals surface area contributed by atoms with Crippen molar-refractivity contribution in [2.45, 2.75) is 19.9 Å². The van der Waals surface area contributed by atoms with E-state index in [0.29, 0.717) is 39.7 Å². The Hall–Kier alpha value is -4.40. The number of nitrogens with zero attached hydrogens (tertiary/aromatic N) is 4. The average Bonchev–Trinajstić information content (AvgIpc) is 3.38. The van der Waals surface area contributed by atoms with Crippen molar-refractivity contribution in [3.8, 4) is 22.8 Å². The van der Waals surface area contributed by atoms with Crippen LogP contribution in [-0.4, -0.2) is 46.7 Å². The third-order valence-electron chi connectivity index (χ3n) is 5.36. The molecule has 0 radical (unpaired) electrons. The zero-order chi connectivity index (χ0) is 24.2. The molecule has 9 nitrogen and oxygen atoms in total. The van der Waals surface area contributed by atoms with Gasteiger partial charge in [-0.25, -0.2) is 0 Å². The highest BCUT2D eigenvalue weighted by Crippen LogP contribution is 2.34. The highest BCUT2D eigenvalue weighted by molar-refractivity contribution is 6.32. The van der Waals surface area contributed by atoms with Gasteiger partial charge in [0.15, 0.2) is 11.5 Å². The van der Waals surface area contributed by atoms with Gasteiger partial charge in [-0.3, -0.25) is 14.3 Å². The van der Waals surface area contributed by atoms with Crippen LogP contribution in [0, 0.1) is 0 Å².